The van der Waals surface area contributed by atoms with Gasteiger partial charge in [-0.05, 0) is 48.4 Å². The Bertz CT molecular complexity index is 1210. The summed E-state index contributed by atoms with van der Waals surface area (Å²) < 4.78 is 0. The van der Waals surface area contributed by atoms with Crippen molar-refractivity contribution >= 4 is 44.5 Å². The smallest absolute Gasteiger partial charge is 0.230 e. The van der Waals surface area contributed by atoms with E-state index in [0.717, 1.165) is 22.6 Å². The standard InChI is InChI=1S/C25H25N3OS/c1-17-9-12-24(18(2)13-17)28(19(3)29)25-26-22(16-30-25)15-27(4)23-11-10-20-7-5-6-8-21(20)14-23/h5-14,16H,15H2,1-4H3. The maximum atomic E-state index is 12.4. The Hall–Kier alpha value is -3.18. The second-order valence-corrected chi connectivity index (χ2v) is 8.49. The van der Waals surface area contributed by atoms with Gasteiger partial charge in [0.25, 0.3) is 0 Å². The number of rotatable bonds is 5. The summed E-state index contributed by atoms with van der Waals surface area (Å²) >= 11 is 1.50. The Morgan fingerprint density at radius 3 is 2.50 bits per heavy atom. The largest absolute Gasteiger partial charge is 0.369 e. The Morgan fingerprint density at radius 1 is 1.00 bits per heavy atom. The third-order valence-corrected chi connectivity index (χ3v) is 6.09. The highest BCUT2D eigenvalue weighted by Gasteiger charge is 2.20. The van der Waals surface area contributed by atoms with Gasteiger partial charge in [-0.2, -0.15) is 0 Å². The highest BCUT2D eigenvalue weighted by Crippen LogP contribution is 2.32. The first-order chi connectivity index (χ1) is 14.4. The first-order valence-corrected chi connectivity index (χ1v) is 10.8. The van der Waals surface area contributed by atoms with Gasteiger partial charge in [0.05, 0.1) is 17.9 Å². The van der Waals surface area contributed by atoms with Crippen LogP contribution in [0.2, 0.25) is 0 Å². The number of fused-ring (bicyclic) bond motifs is 1. The number of anilines is 3. The Labute approximate surface area is 181 Å². The molecule has 0 bridgehead atoms. The van der Waals surface area contributed by atoms with Crippen LogP contribution < -0.4 is 9.80 Å². The van der Waals surface area contributed by atoms with Gasteiger partial charge in [-0.15, -0.1) is 11.3 Å². The lowest BCUT2D eigenvalue weighted by atomic mass is 10.1. The second-order valence-electron chi connectivity index (χ2n) is 7.65. The molecule has 0 spiro atoms. The molecule has 0 aliphatic heterocycles. The highest BCUT2D eigenvalue weighted by molar-refractivity contribution is 7.14. The molecule has 0 aliphatic carbocycles. The molecule has 0 saturated heterocycles. The van der Waals surface area contributed by atoms with Gasteiger partial charge in [-0.3, -0.25) is 9.69 Å². The van der Waals surface area contributed by atoms with Gasteiger partial charge in [-0.1, -0.05) is 48.0 Å². The van der Waals surface area contributed by atoms with Crippen molar-refractivity contribution in [2.75, 3.05) is 16.8 Å². The molecule has 0 radical (unpaired) electrons. The SMILES string of the molecule is CC(=O)N(c1nc(CN(C)c2ccc3ccccc3c2)cs1)c1ccc(C)cc1C. The van der Waals surface area contributed by atoms with Gasteiger partial charge >= 0.3 is 0 Å². The van der Waals surface area contributed by atoms with Crippen LogP contribution in [0.5, 0.6) is 0 Å². The fourth-order valence-electron chi connectivity index (χ4n) is 3.68. The maximum Gasteiger partial charge on any atom is 0.230 e. The summed E-state index contributed by atoms with van der Waals surface area (Å²) in [5.74, 6) is -0.0364. The van der Waals surface area contributed by atoms with Crippen molar-refractivity contribution in [3.8, 4) is 0 Å². The topological polar surface area (TPSA) is 36.4 Å². The van der Waals surface area contributed by atoms with Gasteiger partial charge in [0.1, 0.15) is 0 Å². The van der Waals surface area contributed by atoms with Crippen LogP contribution in [0.4, 0.5) is 16.5 Å². The average Bonchev–Trinajstić information content (AvgIpc) is 3.17. The molecule has 5 heteroatoms. The number of benzene rings is 3. The Balaban J connectivity index is 1.58. The van der Waals surface area contributed by atoms with E-state index in [-0.39, 0.29) is 5.91 Å². The Kier molecular flexibility index (Phi) is 5.55. The number of hydrogen-bond donors (Lipinski definition) is 0. The summed E-state index contributed by atoms with van der Waals surface area (Å²) in [6.45, 7) is 6.34. The number of hydrogen-bond acceptors (Lipinski definition) is 4. The normalized spacial score (nSPS) is 10.9. The minimum atomic E-state index is -0.0364. The van der Waals surface area contributed by atoms with E-state index in [4.69, 9.17) is 4.98 Å². The van der Waals surface area contributed by atoms with Crippen molar-refractivity contribution in [2.24, 2.45) is 0 Å². The molecule has 1 amide bonds. The number of thiazole rings is 1. The van der Waals surface area contributed by atoms with Crippen molar-refractivity contribution in [2.45, 2.75) is 27.3 Å². The molecule has 4 rings (SSSR count). The van der Waals surface area contributed by atoms with Gasteiger partial charge < -0.3 is 4.90 Å². The lowest BCUT2D eigenvalue weighted by molar-refractivity contribution is -0.115. The first kappa shape index (κ1) is 20.1. The molecular weight excluding hydrogens is 390 g/mol. The van der Waals surface area contributed by atoms with E-state index in [1.54, 1.807) is 11.8 Å². The molecule has 0 saturated carbocycles. The summed E-state index contributed by atoms with van der Waals surface area (Å²) in [5.41, 5.74) is 5.21. The minimum absolute atomic E-state index is 0.0364. The fourth-order valence-corrected chi connectivity index (χ4v) is 4.55. The number of carbonyl (C=O) groups is 1. The van der Waals surface area contributed by atoms with Crippen molar-refractivity contribution < 1.29 is 4.79 Å². The van der Waals surface area contributed by atoms with Crippen molar-refractivity contribution in [1.29, 1.82) is 0 Å². The second kappa shape index (κ2) is 8.28. The third-order valence-electron chi connectivity index (χ3n) is 5.21. The molecule has 4 nitrogen and oxygen atoms in total. The van der Waals surface area contributed by atoms with E-state index in [1.807, 2.05) is 24.4 Å². The van der Waals surface area contributed by atoms with E-state index >= 15 is 0 Å². The predicted molar refractivity (Wildman–Crippen MR) is 127 cm³/mol. The predicted octanol–water partition coefficient (Wildman–Crippen LogP) is 6.23. The quantitative estimate of drug-likeness (QED) is 0.387. The molecule has 0 aliphatic rings. The molecular formula is C25H25N3OS. The summed E-state index contributed by atoms with van der Waals surface area (Å²) in [4.78, 5) is 21.1. The lowest BCUT2D eigenvalue weighted by Gasteiger charge is -2.21. The Morgan fingerprint density at radius 2 is 1.77 bits per heavy atom. The number of carbonyl (C=O) groups excluding carboxylic acids is 1. The van der Waals surface area contributed by atoms with Gasteiger partial charge in [0, 0.05) is 25.0 Å². The van der Waals surface area contributed by atoms with Gasteiger partial charge in [0.2, 0.25) is 5.91 Å². The van der Waals surface area contributed by atoms with Crippen LogP contribution >= 0.6 is 11.3 Å². The molecule has 4 aromatic rings. The molecule has 1 aromatic heterocycles. The van der Waals surface area contributed by atoms with Crippen molar-refractivity contribution in [3.63, 3.8) is 0 Å². The summed E-state index contributed by atoms with van der Waals surface area (Å²) in [6.07, 6.45) is 0. The zero-order chi connectivity index (χ0) is 21.3. The van der Waals surface area contributed by atoms with Crippen LogP contribution in [-0.2, 0) is 11.3 Å². The number of nitrogens with zero attached hydrogens (tertiary/aromatic N) is 3. The lowest BCUT2D eigenvalue weighted by Crippen LogP contribution is -2.23. The third kappa shape index (κ3) is 4.07. The molecule has 0 atom stereocenters. The van der Waals surface area contributed by atoms with Gasteiger partial charge in [0.15, 0.2) is 5.13 Å². The van der Waals surface area contributed by atoms with E-state index in [1.165, 1.54) is 27.7 Å². The molecule has 3 aromatic carbocycles. The molecule has 0 N–H and O–H groups in total. The maximum absolute atomic E-state index is 12.4. The molecule has 152 valence electrons. The van der Waals surface area contributed by atoms with E-state index in [2.05, 4.69) is 67.4 Å². The van der Waals surface area contributed by atoms with Crippen molar-refractivity contribution in [1.82, 2.24) is 4.98 Å². The summed E-state index contributed by atoms with van der Waals surface area (Å²) in [7, 11) is 2.07. The van der Waals surface area contributed by atoms with Crippen LogP contribution in [0.15, 0.2) is 66.0 Å². The van der Waals surface area contributed by atoms with Crippen LogP contribution in [-0.4, -0.2) is 17.9 Å². The zero-order valence-electron chi connectivity index (χ0n) is 17.7. The van der Waals surface area contributed by atoms with E-state index in [0.29, 0.717) is 11.7 Å². The van der Waals surface area contributed by atoms with Crippen molar-refractivity contribution in [3.05, 3.63) is 82.9 Å². The van der Waals surface area contributed by atoms with Crippen LogP contribution in [0.3, 0.4) is 0 Å². The monoisotopic (exact) mass is 415 g/mol. The number of aryl methyl sites for hydroxylation is 2. The fraction of sp³-hybridized carbons (Fsp3) is 0.200. The van der Waals surface area contributed by atoms with E-state index in [9.17, 15) is 4.79 Å². The molecule has 30 heavy (non-hydrogen) atoms. The van der Waals surface area contributed by atoms with Crippen LogP contribution in [0, 0.1) is 13.8 Å². The summed E-state index contributed by atoms with van der Waals surface area (Å²) in [6, 6.07) is 20.9. The zero-order valence-corrected chi connectivity index (χ0v) is 18.5. The average molecular weight is 416 g/mol. The van der Waals surface area contributed by atoms with Gasteiger partial charge in [-0.25, -0.2) is 4.98 Å². The summed E-state index contributed by atoms with van der Waals surface area (Å²) in [5, 5.41) is 5.19. The number of aromatic nitrogens is 1. The highest BCUT2D eigenvalue weighted by atomic mass is 32.1. The van der Waals surface area contributed by atoms with E-state index < -0.39 is 0 Å². The van der Waals surface area contributed by atoms with Crippen LogP contribution in [0.1, 0.15) is 23.7 Å². The molecule has 0 unspecified atom stereocenters. The molecule has 0 fully saturated rings. The van der Waals surface area contributed by atoms with Crippen LogP contribution in [0.25, 0.3) is 10.8 Å². The minimum Gasteiger partial charge on any atom is -0.369 e. The first-order valence-electron chi connectivity index (χ1n) is 9.94. The molecule has 1 heterocycles. The number of amides is 1.